The number of esters is 1. The predicted octanol–water partition coefficient (Wildman–Crippen LogP) is 8.07. The summed E-state index contributed by atoms with van der Waals surface area (Å²) in [5.41, 5.74) is 4.80. The van der Waals surface area contributed by atoms with Crippen LogP contribution in [0.15, 0.2) is 103 Å². The summed E-state index contributed by atoms with van der Waals surface area (Å²) in [4.78, 5) is 26.6. The normalized spacial score (nSPS) is 11.0. The van der Waals surface area contributed by atoms with E-state index in [4.69, 9.17) is 14.2 Å². The Morgan fingerprint density at radius 1 is 0.800 bits per heavy atom. The van der Waals surface area contributed by atoms with Crippen molar-refractivity contribution in [3.05, 3.63) is 126 Å². The summed E-state index contributed by atoms with van der Waals surface area (Å²) >= 11 is 0. The summed E-state index contributed by atoms with van der Waals surface area (Å²) in [5.74, 6) is 0.599. The number of nitrogens with one attached hydrogen (secondary N) is 1. The van der Waals surface area contributed by atoms with Gasteiger partial charge in [0.1, 0.15) is 23.8 Å². The summed E-state index contributed by atoms with van der Waals surface area (Å²) in [7, 11) is 1.29. The molecule has 0 bridgehead atoms. The lowest BCUT2D eigenvalue weighted by Crippen LogP contribution is -2.15. The zero-order valence-electron chi connectivity index (χ0n) is 26.1. The number of carbonyl (C=O) groups excluding carboxylic acids is 2. The van der Waals surface area contributed by atoms with Gasteiger partial charge in [-0.25, -0.2) is 9.48 Å². The minimum absolute atomic E-state index is 0.00502. The molecule has 0 saturated heterocycles. The number of ether oxygens (including phenoxy) is 3. The van der Waals surface area contributed by atoms with E-state index in [9.17, 15) is 9.59 Å². The van der Waals surface area contributed by atoms with Crippen molar-refractivity contribution in [1.29, 1.82) is 0 Å². The van der Waals surface area contributed by atoms with Gasteiger partial charge in [-0.15, -0.1) is 0 Å². The van der Waals surface area contributed by atoms with Crippen LogP contribution >= 0.6 is 0 Å². The van der Waals surface area contributed by atoms with Crippen LogP contribution in [0, 0.1) is 0 Å². The van der Waals surface area contributed by atoms with E-state index in [1.54, 1.807) is 28.9 Å². The van der Waals surface area contributed by atoms with Crippen molar-refractivity contribution in [2.75, 3.05) is 12.4 Å². The Hall–Kier alpha value is -5.37. The first-order chi connectivity index (χ1) is 21.7. The van der Waals surface area contributed by atoms with Crippen LogP contribution in [0.5, 0.6) is 11.5 Å². The van der Waals surface area contributed by atoms with Crippen molar-refractivity contribution in [2.24, 2.45) is 0 Å². The SMILES string of the molecule is COC(=O)c1nn(-c2ccc(C(C)C)cc2)c(-c2ccc(OCc3ccccc3)cc2)c1NC(=O)c1ccc(OC(C)C)cc1. The van der Waals surface area contributed by atoms with Crippen LogP contribution < -0.4 is 14.8 Å². The van der Waals surface area contributed by atoms with Crippen molar-refractivity contribution < 1.29 is 23.8 Å². The molecule has 5 aromatic rings. The van der Waals surface area contributed by atoms with Crippen molar-refractivity contribution >= 4 is 17.6 Å². The van der Waals surface area contributed by atoms with E-state index in [-0.39, 0.29) is 17.5 Å². The highest BCUT2D eigenvalue weighted by Gasteiger charge is 2.27. The molecular weight excluding hydrogens is 566 g/mol. The Morgan fingerprint density at radius 3 is 2.04 bits per heavy atom. The number of benzene rings is 4. The molecule has 0 aliphatic carbocycles. The number of aromatic nitrogens is 2. The third-order valence-electron chi connectivity index (χ3n) is 7.17. The van der Waals surface area contributed by atoms with Crippen molar-refractivity contribution in [2.45, 2.75) is 46.3 Å². The van der Waals surface area contributed by atoms with Crippen LogP contribution in [0.1, 0.15) is 65.6 Å². The minimum atomic E-state index is -0.674. The molecule has 5 rings (SSSR count). The number of rotatable bonds is 11. The van der Waals surface area contributed by atoms with Crippen LogP contribution in [0.2, 0.25) is 0 Å². The van der Waals surface area contributed by atoms with Gasteiger partial charge in [-0.3, -0.25) is 4.79 Å². The second-order valence-electron chi connectivity index (χ2n) is 11.2. The quantitative estimate of drug-likeness (QED) is 0.154. The molecule has 45 heavy (non-hydrogen) atoms. The molecule has 230 valence electrons. The lowest BCUT2D eigenvalue weighted by molar-refractivity contribution is 0.0594. The third kappa shape index (κ3) is 7.41. The summed E-state index contributed by atoms with van der Waals surface area (Å²) < 4.78 is 18.5. The lowest BCUT2D eigenvalue weighted by Gasteiger charge is -2.14. The standard InChI is InChI=1S/C37H37N3O5/c1-24(2)27-11-17-30(18-12-27)40-35(28-13-19-31(20-14-28)44-23-26-9-7-6-8-10-26)33(34(39-40)37(42)43-5)38-36(41)29-15-21-32(22-16-29)45-25(3)4/h6-22,24-25H,23H2,1-5H3,(H,38,41). The average molecular weight is 604 g/mol. The smallest absolute Gasteiger partial charge is 0.360 e. The predicted molar refractivity (Wildman–Crippen MR) is 175 cm³/mol. The largest absolute Gasteiger partial charge is 0.491 e. The van der Waals surface area contributed by atoms with Gasteiger partial charge >= 0.3 is 5.97 Å². The number of hydrogen-bond donors (Lipinski definition) is 1. The lowest BCUT2D eigenvalue weighted by atomic mass is 10.0. The maximum absolute atomic E-state index is 13.6. The van der Waals surface area contributed by atoms with Crippen LogP contribution in [0.3, 0.4) is 0 Å². The van der Waals surface area contributed by atoms with E-state index in [0.29, 0.717) is 40.8 Å². The highest BCUT2D eigenvalue weighted by Crippen LogP contribution is 2.36. The topological polar surface area (TPSA) is 91.7 Å². The Balaban J connectivity index is 1.56. The van der Waals surface area contributed by atoms with E-state index in [0.717, 1.165) is 11.3 Å². The fourth-order valence-electron chi connectivity index (χ4n) is 4.82. The molecule has 0 atom stereocenters. The summed E-state index contributed by atoms with van der Waals surface area (Å²) in [6, 6.07) is 32.2. The maximum Gasteiger partial charge on any atom is 0.360 e. The molecule has 1 aromatic heterocycles. The average Bonchev–Trinajstić information content (AvgIpc) is 3.43. The van der Waals surface area contributed by atoms with Gasteiger partial charge in [-0.1, -0.05) is 56.3 Å². The van der Waals surface area contributed by atoms with Gasteiger partial charge in [0, 0.05) is 11.1 Å². The second kappa shape index (κ2) is 13.9. The number of anilines is 1. The molecule has 1 amide bonds. The molecule has 0 saturated carbocycles. The zero-order valence-corrected chi connectivity index (χ0v) is 26.1. The van der Waals surface area contributed by atoms with Gasteiger partial charge in [0.05, 0.1) is 24.6 Å². The number of nitrogens with zero attached hydrogens (tertiary/aromatic N) is 2. The molecule has 8 nitrogen and oxygen atoms in total. The van der Waals surface area contributed by atoms with E-state index in [1.165, 1.54) is 12.7 Å². The van der Waals surface area contributed by atoms with Gasteiger partial charge < -0.3 is 19.5 Å². The van der Waals surface area contributed by atoms with Gasteiger partial charge in [0.2, 0.25) is 0 Å². The van der Waals surface area contributed by atoms with E-state index >= 15 is 0 Å². The Labute approximate surface area is 263 Å². The zero-order chi connectivity index (χ0) is 31.9. The first kappa shape index (κ1) is 31.1. The number of carbonyl (C=O) groups is 2. The van der Waals surface area contributed by atoms with E-state index in [2.05, 4.69) is 24.3 Å². The number of hydrogen-bond acceptors (Lipinski definition) is 6. The fraction of sp³-hybridized carbons (Fsp3) is 0.216. The van der Waals surface area contributed by atoms with E-state index in [1.807, 2.05) is 92.7 Å². The maximum atomic E-state index is 13.6. The molecule has 4 aromatic carbocycles. The van der Waals surface area contributed by atoms with Gasteiger partial charge in [-0.2, -0.15) is 5.10 Å². The molecular formula is C37H37N3O5. The fourth-order valence-corrected chi connectivity index (χ4v) is 4.82. The molecule has 0 spiro atoms. The van der Waals surface area contributed by atoms with Crippen LogP contribution in [0.4, 0.5) is 5.69 Å². The Morgan fingerprint density at radius 2 is 1.44 bits per heavy atom. The van der Waals surface area contributed by atoms with Gasteiger partial charge in [-0.05, 0) is 91.6 Å². The molecule has 0 aliphatic heterocycles. The third-order valence-corrected chi connectivity index (χ3v) is 7.17. The summed E-state index contributed by atoms with van der Waals surface area (Å²) in [5, 5.41) is 7.63. The Bertz CT molecular complexity index is 1740. The molecule has 1 heterocycles. The molecule has 8 heteroatoms. The summed E-state index contributed by atoms with van der Waals surface area (Å²) in [6.45, 7) is 8.55. The van der Waals surface area contributed by atoms with Crippen LogP contribution in [0.25, 0.3) is 16.9 Å². The Kier molecular flexibility index (Phi) is 9.63. The molecule has 0 unspecified atom stereocenters. The van der Waals surface area contributed by atoms with Gasteiger partial charge in [0.15, 0.2) is 5.69 Å². The number of amides is 1. The molecule has 0 aliphatic rings. The van der Waals surface area contributed by atoms with Crippen molar-refractivity contribution in [1.82, 2.24) is 9.78 Å². The monoisotopic (exact) mass is 603 g/mol. The van der Waals surface area contributed by atoms with Crippen LogP contribution in [-0.4, -0.2) is 34.9 Å². The van der Waals surface area contributed by atoms with Crippen LogP contribution in [-0.2, 0) is 11.3 Å². The molecule has 0 radical (unpaired) electrons. The number of methoxy groups -OCH3 is 1. The molecule has 0 fully saturated rings. The second-order valence-corrected chi connectivity index (χ2v) is 11.2. The molecule has 1 N–H and O–H groups in total. The van der Waals surface area contributed by atoms with E-state index < -0.39 is 11.9 Å². The highest BCUT2D eigenvalue weighted by atomic mass is 16.5. The van der Waals surface area contributed by atoms with Crippen molar-refractivity contribution in [3.8, 4) is 28.4 Å². The van der Waals surface area contributed by atoms with Crippen molar-refractivity contribution in [3.63, 3.8) is 0 Å². The highest BCUT2D eigenvalue weighted by molar-refractivity contribution is 6.10. The minimum Gasteiger partial charge on any atom is -0.491 e. The first-order valence-corrected chi connectivity index (χ1v) is 14.9. The first-order valence-electron chi connectivity index (χ1n) is 14.9. The van der Waals surface area contributed by atoms with Gasteiger partial charge in [0.25, 0.3) is 5.91 Å². The summed E-state index contributed by atoms with van der Waals surface area (Å²) in [6.07, 6.45) is 0.00502.